The van der Waals surface area contributed by atoms with Crippen LogP contribution in [-0.4, -0.2) is 21.6 Å². The molecule has 0 atom stereocenters. The van der Waals surface area contributed by atoms with Gasteiger partial charge in [0.25, 0.3) is 0 Å². The Kier molecular flexibility index (Phi) is 6.16. The van der Waals surface area contributed by atoms with Crippen molar-refractivity contribution in [2.45, 2.75) is 46.6 Å². The Morgan fingerprint density at radius 3 is 2.61 bits per heavy atom. The maximum atomic E-state index is 9.12. The summed E-state index contributed by atoms with van der Waals surface area (Å²) >= 11 is 0. The van der Waals surface area contributed by atoms with Crippen LogP contribution in [0.2, 0.25) is 0 Å². The molecule has 2 rings (SSSR count). The average molecular weight is 312 g/mol. The predicted molar refractivity (Wildman–Crippen MR) is 89.2 cm³/mol. The summed E-state index contributed by atoms with van der Waals surface area (Å²) in [6.45, 7) is 7.72. The molecule has 1 aromatic carbocycles. The molecule has 0 bridgehead atoms. The summed E-state index contributed by atoms with van der Waals surface area (Å²) in [6.07, 6.45) is 2.68. The number of ether oxygens (including phenoxy) is 1. The van der Waals surface area contributed by atoms with E-state index in [1.54, 1.807) is 0 Å². The summed E-state index contributed by atoms with van der Waals surface area (Å²) in [5.74, 6) is 1.36. The lowest BCUT2D eigenvalue weighted by atomic mass is 10.1. The van der Waals surface area contributed by atoms with E-state index in [9.17, 15) is 0 Å². The van der Waals surface area contributed by atoms with Crippen molar-refractivity contribution in [1.29, 1.82) is 5.26 Å². The van der Waals surface area contributed by atoms with Gasteiger partial charge in [-0.3, -0.25) is 0 Å². The molecule has 0 unspecified atom stereocenters. The second kappa shape index (κ2) is 8.33. The fourth-order valence-corrected chi connectivity index (χ4v) is 2.41. The Hall–Kier alpha value is -2.35. The van der Waals surface area contributed by atoms with Crippen LogP contribution < -0.4 is 4.74 Å². The molecule has 0 radical (unpaired) electrons. The first kappa shape index (κ1) is 17.0. The van der Waals surface area contributed by atoms with Gasteiger partial charge in [0.05, 0.1) is 12.3 Å². The van der Waals surface area contributed by atoms with Crippen molar-refractivity contribution in [2.75, 3.05) is 6.61 Å². The molecule has 0 amide bonds. The van der Waals surface area contributed by atoms with E-state index in [1.165, 1.54) is 5.56 Å². The van der Waals surface area contributed by atoms with Gasteiger partial charge in [0.1, 0.15) is 11.8 Å². The van der Waals surface area contributed by atoms with E-state index in [2.05, 4.69) is 49.3 Å². The predicted octanol–water partition coefficient (Wildman–Crippen LogP) is 3.38. The minimum atomic E-state index is 0.440. The number of hydrogen-bond acceptors (Lipinski definition) is 4. The number of hydrogen-bond donors (Lipinski definition) is 0. The molecular weight excluding hydrogens is 288 g/mol. The summed E-state index contributed by atoms with van der Waals surface area (Å²) in [5.41, 5.74) is 2.67. The van der Waals surface area contributed by atoms with Crippen molar-refractivity contribution in [3.8, 4) is 11.8 Å². The summed E-state index contributed by atoms with van der Waals surface area (Å²) in [7, 11) is 0. The SMILES string of the molecule is CCc1ccc(OCCCn2nnc(C#N)c2CC(C)C)cc1. The number of nitrogens with zero attached hydrogens (tertiary/aromatic N) is 4. The molecule has 1 aromatic heterocycles. The highest BCUT2D eigenvalue weighted by Gasteiger charge is 2.13. The zero-order chi connectivity index (χ0) is 16.7. The highest BCUT2D eigenvalue weighted by Crippen LogP contribution is 2.14. The molecule has 2 aromatic rings. The Morgan fingerprint density at radius 1 is 1.26 bits per heavy atom. The summed E-state index contributed by atoms with van der Waals surface area (Å²) in [6, 6.07) is 10.3. The molecule has 0 fully saturated rings. The summed E-state index contributed by atoms with van der Waals surface area (Å²) in [4.78, 5) is 0. The van der Waals surface area contributed by atoms with Gasteiger partial charge in [-0.25, -0.2) is 4.68 Å². The van der Waals surface area contributed by atoms with Gasteiger partial charge in [-0.1, -0.05) is 38.1 Å². The molecule has 23 heavy (non-hydrogen) atoms. The lowest BCUT2D eigenvalue weighted by Crippen LogP contribution is -2.11. The third-order valence-electron chi connectivity index (χ3n) is 3.66. The monoisotopic (exact) mass is 312 g/mol. The normalized spacial score (nSPS) is 10.7. The van der Waals surface area contributed by atoms with Crippen LogP contribution in [0.1, 0.15) is 44.1 Å². The second-order valence-electron chi connectivity index (χ2n) is 6.02. The zero-order valence-corrected chi connectivity index (χ0v) is 14.1. The van der Waals surface area contributed by atoms with Crippen LogP contribution >= 0.6 is 0 Å². The van der Waals surface area contributed by atoms with Crippen molar-refractivity contribution in [3.05, 3.63) is 41.2 Å². The quantitative estimate of drug-likeness (QED) is 0.701. The van der Waals surface area contributed by atoms with Gasteiger partial charge in [-0.2, -0.15) is 5.26 Å². The summed E-state index contributed by atoms with van der Waals surface area (Å²) in [5, 5.41) is 17.2. The Labute approximate surface area is 137 Å². The molecule has 0 spiro atoms. The topological polar surface area (TPSA) is 63.7 Å². The molecular formula is C18H24N4O. The Bertz CT molecular complexity index is 653. The van der Waals surface area contributed by atoms with Crippen molar-refractivity contribution in [2.24, 2.45) is 5.92 Å². The maximum Gasteiger partial charge on any atom is 0.185 e. The van der Waals surface area contributed by atoms with E-state index in [1.807, 2.05) is 16.8 Å². The summed E-state index contributed by atoms with van der Waals surface area (Å²) < 4.78 is 7.59. The van der Waals surface area contributed by atoms with E-state index in [-0.39, 0.29) is 0 Å². The van der Waals surface area contributed by atoms with E-state index < -0.39 is 0 Å². The largest absolute Gasteiger partial charge is 0.494 e. The average Bonchev–Trinajstić information content (AvgIpc) is 2.93. The van der Waals surface area contributed by atoms with Gasteiger partial charge in [0.15, 0.2) is 5.69 Å². The zero-order valence-electron chi connectivity index (χ0n) is 14.1. The molecule has 5 nitrogen and oxygen atoms in total. The third-order valence-corrected chi connectivity index (χ3v) is 3.66. The van der Waals surface area contributed by atoms with Gasteiger partial charge >= 0.3 is 0 Å². The molecule has 0 aliphatic heterocycles. The first-order chi connectivity index (χ1) is 11.1. The van der Waals surface area contributed by atoms with E-state index >= 15 is 0 Å². The standard InChI is InChI=1S/C18H24N4O/c1-4-15-6-8-16(9-7-15)23-11-5-10-22-18(12-14(2)3)17(13-19)20-21-22/h6-9,14H,4-5,10-12H2,1-3H3. The molecule has 0 N–H and O–H groups in total. The van der Waals surface area contributed by atoms with Gasteiger partial charge in [-0.15, -0.1) is 5.10 Å². The van der Waals surface area contributed by atoms with Gasteiger partial charge in [-0.05, 0) is 36.5 Å². The molecule has 0 aliphatic carbocycles. The molecule has 0 saturated carbocycles. The van der Waals surface area contributed by atoms with Gasteiger partial charge in [0, 0.05) is 13.0 Å². The number of benzene rings is 1. The lowest BCUT2D eigenvalue weighted by Gasteiger charge is -2.10. The third kappa shape index (κ3) is 4.82. The number of nitriles is 1. The fraction of sp³-hybridized carbons (Fsp3) is 0.500. The van der Waals surface area contributed by atoms with Crippen molar-refractivity contribution < 1.29 is 4.74 Å². The minimum absolute atomic E-state index is 0.440. The van der Waals surface area contributed by atoms with Gasteiger partial charge < -0.3 is 4.74 Å². The van der Waals surface area contributed by atoms with Crippen molar-refractivity contribution in [1.82, 2.24) is 15.0 Å². The van der Waals surface area contributed by atoms with E-state index in [4.69, 9.17) is 10.00 Å². The molecule has 5 heteroatoms. The van der Waals surface area contributed by atoms with Crippen LogP contribution in [0.3, 0.4) is 0 Å². The fourth-order valence-electron chi connectivity index (χ4n) is 2.41. The number of rotatable bonds is 8. The highest BCUT2D eigenvalue weighted by atomic mass is 16.5. The first-order valence-electron chi connectivity index (χ1n) is 8.18. The first-order valence-corrected chi connectivity index (χ1v) is 8.18. The maximum absolute atomic E-state index is 9.12. The van der Waals surface area contributed by atoms with E-state index in [0.717, 1.165) is 30.7 Å². The highest BCUT2D eigenvalue weighted by molar-refractivity contribution is 5.27. The van der Waals surface area contributed by atoms with Crippen LogP contribution in [0.4, 0.5) is 0 Å². The number of aryl methyl sites for hydroxylation is 2. The minimum Gasteiger partial charge on any atom is -0.494 e. The van der Waals surface area contributed by atoms with Crippen LogP contribution in [0.5, 0.6) is 5.75 Å². The van der Waals surface area contributed by atoms with Crippen LogP contribution in [-0.2, 0) is 19.4 Å². The van der Waals surface area contributed by atoms with Crippen LogP contribution in [0.25, 0.3) is 0 Å². The molecule has 1 heterocycles. The van der Waals surface area contributed by atoms with Gasteiger partial charge in [0.2, 0.25) is 0 Å². The number of aromatic nitrogens is 3. The molecule has 122 valence electrons. The smallest absolute Gasteiger partial charge is 0.185 e. The van der Waals surface area contributed by atoms with Crippen molar-refractivity contribution in [3.63, 3.8) is 0 Å². The van der Waals surface area contributed by atoms with Crippen LogP contribution in [0.15, 0.2) is 24.3 Å². The second-order valence-corrected chi connectivity index (χ2v) is 6.02. The Balaban J connectivity index is 1.86. The van der Waals surface area contributed by atoms with Crippen molar-refractivity contribution >= 4 is 0 Å². The molecule has 0 saturated heterocycles. The molecule has 0 aliphatic rings. The Morgan fingerprint density at radius 2 is 2.00 bits per heavy atom. The van der Waals surface area contributed by atoms with E-state index in [0.29, 0.717) is 24.8 Å². The van der Waals surface area contributed by atoms with Crippen LogP contribution in [0, 0.1) is 17.2 Å². The lowest BCUT2D eigenvalue weighted by molar-refractivity contribution is 0.296.